The van der Waals surface area contributed by atoms with Gasteiger partial charge in [-0.1, -0.05) is 6.07 Å². The summed E-state index contributed by atoms with van der Waals surface area (Å²) in [6.07, 6.45) is 1.45. The van der Waals surface area contributed by atoms with Crippen molar-refractivity contribution in [1.29, 1.82) is 0 Å². The predicted molar refractivity (Wildman–Crippen MR) is 79.1 cm³/mol. The molecule has 0 bridgehead atoms. The van der Waals surface area contributed by atoms with Crippen LogP contribution < -0.4 is 10.5 Å². The summed E-state index contributed by atoms with van der Waals surface area (Å²) in [6, 6.07) is 3.38. The average Bonchev–Trinajstić information content (AvgIpc) is 2.33. The van der Waals surface area contributed by atoms with Crippen LogP contribution in [0, 0.1) is 13.8 Å². The highest BCUT2D eigenvalue weighted by atomic mass is 32.2. The van der Waals surface area contributed by atoms with Crippen LogP contribution in [0.25, 0.3) is 0 Å². The van der Waals surface area contributed by atoms with Gasteiger partial charge >= 0.3 is 0 Å². The van der Waals surface area contributed by atoms with E-state index in [1.54, 1.807) is 13.0 Å². The van der Waals surface area contributed by atoms with Gasteiger partial charge < -0.3 is 10.5 Å². The molecule has 1 fully saturated rings. The number of sulfonamides is 1. The number of rotatable bonds is 3. The number of hydrogen-bond donors (Lipinski definition) is 2. The van der Waals surface area contributed by atoms with Crippen molar-refractivity contribution in [2.75, 3.05) is 12.3 Å². The lowest BCUT2D eigenvalue weighted by Gasteiger charge is -2.28. The SMILES string of the molecule is Cc1ccc(N)c(S(=O)(=O)NC2CCOC(C)C2)c1C. The Hall–Kier alpha value is -1.11. The van der Waals surface area contributed by atoms with Gasteiger partial charge in [-0.2, -0.15) is 0 Å². The van der Waals surface area contributed by atoms with E-state index in [0.717, 1.165) is 5.56 Å². The number of ether oxygens (including phenoxy) is 1. The molecule has 0 amide bonds. The van der Waals surface area contributed by atoms with Gasteiger partial charge in [-0.05, 0) is 50.8 Å². The Morgan fingerprint density at radius 2 is 2.05 bits per heavy atom. The maximum atomic E-state index is 12.6. The van der Waals surface area contributed by atoms with E-state index in [9.17, 15) is 8.42 Å². The molecule has 1 heterocycles. The van der Waals surface area contributed by atoms with Crippen LogP contribution >= 0.6 is 0 Å². The molecular weight excluding hydrogens is 276 g/mol. The number of aryl methyl sites for hydroxylation is 1. The summed E-state index contributed by atoms with van der Waals surface area (Å²) in [4.78, 5) is 0.205. The van der Waals surface area contributed by atoms with Crippen molar-refractivity contribution in [3.63, 3.8) is 0 Å². The Bertz CT molecular complexity index is 599. The highest BCUT2D eigenvalue weighted by molar-refractivity contribution is 7.89. The van der Waals surface area contributed by atoms with Crippen molar-refractivity contribution in [2.24, 2.45) is 0 Å². The van der Waals surface area contributed by atoms with Crippen molar-refractivity contribution in [1.82, 2.24) is 4.72 Å². The molecule has 0 spiro atoms. The fraction of sp³-hybridized carbons (Fsp3) is 0.571. The average molecular weight is 298 g/mol. The summed E-state index contributed by atoms with van der Waals surface area (Å²) in [5.74, 6) is 0. The van der Waals surface area contributed by atoms with Gasteiger partial charge in [0.2, 0.25) is 10.0 Å². The molecule has 2 unspecified atom stereocenters. The van der Waals surface area contributed by atoms with Gasteiger partial charge in [0.25, 0.3) is 0 Å². The molecule has 6 heteroatoms. The van der Waals surface area contributed by atoms with E-state index in [4.69, 9.17) is 10.5 Å². The lowest BCUT2D eigenvalue weighted by molar-refractivity contribution is 0.0173. The molecule has 1 aliphatic rings. The molecule has 0 saturated carbocycles. The number of nitrogens with two attached hydrogens (primary N) is 1. The normalized spacial score (nSPS) is 23.8. The zero-order chi connectivity index (χ0) is 14.9. The summed E-state index contributed by atoms with van der Waals surface area (Å²) >= 11 is 0. The molecule has 5 nitrogen and oxygen atoms in total. The lowest BCUT2D eigenvalue weighted by Crippen LogP contribution is -2.41. The fourth-order valence-electron chi connectivity index (χ4n) is 2.55. The number of nitrogens with one attached hydrogen (secondary N) is 1. The molecule has 1 aliphatic heterocycles. The monoisotopic (exact) mass is 298 g/mol. The molecule has 112 valence electrons. The standard InChI is InChI=1S/C14H22N2O3S/c1-9-4-5-13(15)14(11(9)3)20(17,18)16-12-6-7-19-10(2)8-12/h4-5,10,12,16H,6-8,15H2,1-3H3. The van der Waals surface area contributed by atoms with E-state index in [2.05, 4.69) is 4.72 Å². The zero-order valence-corrected chi connectivity index (χ0v) is 13.0. The molecule has 0 radical (unpaired) electrons. The second kappa shape index (κ2) is 5.71. The minimum atomic E-state index is -3.60. The summed E-state index contributed by atoms with van der Waals surface area (Å²) in [6.45, 7) is 6.19. The summed E-state index contributed by atoms with van der Waals surface area (Å²) < 4.78 is 33.3. The third-order valence-corrected chi connectivity index (χ3v) is 5.51. The second-order valence-corrected chi connectivity index (χ2v) is 7.10. The van der Waals surface area contributed by atoms with E-state index in [1.807, 2.05) is 19.9 Å². The number of nitrogen functional groups attached to an aromatic ring is 1. The number of hydrogen-bond acceptors (Lipinski definition) is 4. The quantitative estimate of drug-likeness (QED) is 0.833. The van der Waals surface area contributed by atoms with E-state index in [-0.39, 0.29) is 17.0 Å². The van der Waals surface area contributed by atoms with Gasteiger partial charge in [0.1, 0.15) is 4.90 Å². The van der Waals surface area contributed by atoms with Crippen LogP contribution in [-0.4, -0.2) is 27.2 Å². The van der Waals surface area contributed by atoms with Crippen LogP contribution in [0.5, 0.6) is 0 Å². The molecule has 2 atom stereocenters. The van der Waals surface area contributed by atoms with Crippen molar-refractivity contribution in [3.8, 4) is 0 Å². The molecule has 1 saturated heterocycles. The van der Waals surface area contributed by atoms with Crippen LogP contribution in [-0.2, 0) is 14.8 Å². The zero-order valence-electron chi connectivity index (χ0n) is 12.1. The van der Waals surface area contributed by atoms with Crippen molar-refractivity contribution in [2.45, 2.75) is 50.7 Å². The Kier molecular flexibility index (Phi) is 4.36. The van der Waals surface area contributed by atoms with Gasteiger partial charge in [0.15, 0.2) is 0 Å². The fourth-order valence-corrected chi connectivity index (χ4v) is 4.26. The second-order valence-electron chi connectivity index (χ2n) is 5.45. The molecule has 3 N–H and O–H groups in total. The molecule has 0 aliphatic carbocycles. The van der Waals surface area contributed by atoms with E-state index < -0.39 is 10.0 Å². The third-order valence-electron chi connectivity index (χ3n) is 3.78. The molecular formula is C14H22N2O3S. The minimum Gasteiger partial charge on any atom is -0.398 e. The molecule has 1 aromatic carbocycles. The molecule has 0 aromatic heterocycles. The highest BCUT2D eigenvalue weighted by Crippen LogP contribution is 2.26. The number of benzene rings is 1. The van der Waals surface area contributed by atoms with Gasteiger partial charge in [-0.3, -0.25) is 0 Å². The Balaban J connectivity index is 2.29. The largest absolute Gasteiger partial charge is 0.398 e. The first-order valence-electron chi connectivity index (χ1n) is 6.81. The van der Waals surface area contributed by atoms with E-state index >= 15 is 0 Å². The van der Waals surface area contributed by atoms with Crippen LogP contribution in [0.15, 0.2) is 17.0 Å². The van der Waals surface area contributed by atoms with Crippen LogP contribution in [0.3, 0.4) is 0 Å². The van der Waals surface area contributed by atoms with Crippen molar-refractivity contribution < 1.29 is 13.2 Å². The molecule has 1 aromatic rings. The topological polar surface area (TPSA) is 81.4 Å². The Morgan fingerprint density at radius 1 is 1.35 bits per heavy atom. The van der Waals surface area contributed by atoms with Crippen molar-refractivity contribution >= 4 is 15.7 Å². The van der Waals surface area contributed by atoms with E-state index in [1.165, 1.54) is 0 Å². The highest BCUT2D eigenvalue weighted by Gasteiger charge is 2.27. The predicted octanol–water partition coefficient (Wildman–Crippen LogP) is 1.73. The van der Waals surface area contributed by atoms with Crippen LogP contribution in [0.2, 0.25) is 0 Å². The Labute approximate surface area is 120 Å². The Morgan fingerprint density at radius 3 is 2.70 bits per heavy atom. The number of anilines is 1. The summed E-state index contributed by atoms with van der Waals surface area (Å²) in [5, 5.41) is 0. The van der Waals surface area contributed by atoms with Gasteiger partial charge in [0.05, 0.1) is 11.8 Å². The van der Waals surface area contributed by atoms with Crippen molar-refractivity contribution in [3.05, 3.63) is 23.3 Å². The first-order valence-corrected chi connectivity index (χ1v) is 8.29. The van der Waals surface area contributed by atoms with Gasteiger partial charge in [0, 0.05) is 12.6 Å². The summed E-state index contributed by atoms with van der Waals surface area (Å²) in [5.41, 5.74) is 7.78. The van der Waals surface area contributed by atoms with Gasteiger partial charge in [-0.15, -0.1) is 0 Å². The first-order chi connectivity index (χ1) is 9.31. The van der Waals surface area contributed by atoms with Gasteiger partial charge in [-0.25, -0.2) is 13.1 Å². The smallest absolute Gasteiger partial charge is 0.243 e. The first kappa shape index (κ1) is 15.3. The molecule has 20 heavy (non-hydrogen) atoms. The lowest BCUT2D eigenvalue weighted by atomic mass is 10.1. The molecule has 2 rings (SSSR count). The minimum absolute atomic E-state index is 0.0763. The third kappa shape index (κ3) is 3.13. The van der Waals surface area contributed by atoms with Crippen LogP contribution in [0.4, 0.5) is 5.69 Å². The maximum Gasteiger partial charge on any atom is 0.243 e. The van der Waals surface area contributed by atoms with E-state index in [0.29, 0.717) is 30.7 Å². The summed E-state index contributed by atoms with van der Waals surface area (Å²) in [7, 11) is -3.60. The van der Waals surface area contributed by atoms with Crippen LogP contribution in [0.1, 0.15) is 30.9 Å². The maximum absolute atomic E-state index is 12.6.